The maximum Gasteiger partial charge on any atom is 0.0556 e. The van der Waals surface area contributed by atoms with Gasteiger partial charge < -0.3 is 10.4 Å². The van der Waals surface area contributed by atoms with Crippen LogP contribution in [0.5, 0.6) is 0 Å². The molecular weight excluding hydrogens is 218 g/mol. The third kappa shape index (κ3) is 3.06. The fraction of sp³-hybridized carbons (Fsp3) is 0.692. The number of fused-ring (bicyclic) bond motifs is 1. The van der Waals surface area contributed by atoms with Gasteiger partial charge in [0.2, 0.25) is 0 Å². The quantitative estimate of drug-likeness (QED) is 0.791. The molecule has 0 unspecified atom stereocenters. The van der Waals surface area contributed by atoms with Crippen molar-refractivity contribution in [3.8, 4) is 0 Å². The molecule has 0 radical (unpaired) electrons. The molecule has 0 fully saturated rings. The van der Waals surface area contributed by atoms with E-state index in [1.165, 1.54) is 44.1 Å². The van der Waals surface area contributed by atoms with Crippen LogP contribution in [-0.2, 0) is 19.4 Å². The lowest BCUT2D eigenvalue weighted by molar-refractivity contribution is 0.292. The summed E-state index contributed by atoms with van der Waals surface area (Å²) in [6, 6.07) is 0. The van der Waals surface area contributed by atoms with Crippen molar-refractivity contribution in [2.24, 2.45) is 0 Å². The van der Waals surface area contributed by atoms with Gasteiger partial charge in [-0.15, -0.1) is 11.3 Å². The molecule has 1 heterocycles. The van der Waals surface area contributed by atoms with E-state index in [0.717, 1.165) is 6.54 Å². The summed E-state index contributed by atoms with van der Waals surface area (Å²) in [5.41, 5.74) is 3.07. The largest absolute Gasteiger partial charge is 0.395 e. The number of hydrogen-bond donors (Lipinski definition) is 2. The van der Waals surface area contributed by atoms with Gasteiger partial charge in [-0.1, -0.05) is 12.8 Å². The van der Waals surface area contributed by atoms with Crippen LogP contribution in [-0.4, -0.2) is 18.3 Å². The second-order valence-corrected chi connectivity index (χ2v) is 5.44. The van der Waals surface area contributed by atoms with Crippen LogP contribution in [0.3, 0.4) is 0 Å². The molecule has 2 N–H and O–H groups in total. The average molecular weight is 239 g/mol. The lowest BCUT2D eigenvalue weighted by atomic mass is 9.97. The Balaban J connectivity index is 2.01. The molecule has 16 heavy (non-hydrogen) atoms. The highest BCUT2D eigenvalue weighted by Gasteiger charge is 2.12. The highest BCUT2D eigenvalue weighted by Crippen LogP contribution is 2.28. The molecule has 0 spiro atoms. The van der Waals surface area contributed by atoms with Crippen LogP contribution in [0.25, 0.3) is 0 Å². The molecule has 1 aromatic rings. The van der Waals surface area contributed by atoms with Gasteiger partial charge in [-0.25, -0.2) is 0 Å². The number of rotatable bonds is 4. The lowest BCUT2D eigenvalue weighted by Gasteiger charge is -2.11. The van der Waals surface area contributed by atoms with Gasteiger partial charge in [0, 0.05) is 18.0 Å². The predicted molar refractivity (Wildman–Crippen MR) is 69.0 cm³/mol. The summed E-state index contributed by atoms with van der Waals surface area (Å²) in [6.45, 7) is 1.85. The van der Waals surface area contributed by atoms with Crippen molar-refractivity contribution < 1.29 is 5.11 Å². The van der Waals surface area contributed by atoms with Gasteiger partial charge in [-0.3, -0.25) is 0 Å². The summed E-state index contributed by atoms with van der Waals surface area (Å²) in [7, 11) is 0. The van der Waals surface area contributed by atoms with Crippen LogP contribution < -0.4 is 5.32 Å². The molecule has 2 nitrogen and oxygen atoms in total. The molecule has 0 saturated carbocycles. The van der Waals surface area contributed by atoms with Crippen LogP contribution in [0.2, 0.25) is 0 Å². The highest BCUT2D eigenvalue weighted by atomic mass is 32.1. The minimum absolute atomic E-state index is 0.228. The first-order valence-electron chi connectivity index (χ1n) is 6.31. The Bertz CT molecular complexity index is 322. The molecule has 1 aliphatic rings. The van der Waals surface area contributed by atoms with Gasteiger partial charge in [0.1, 0.15) is 0 Å². The van der Waals surface area contributed by atoms with E-state index in [1.807, 2.05) is 11.3 Å². The predicted octanol–water partition coefficient (Wildman–Crippen LogP) is 2.49. The van der Waals surface area contributed by atoms with Crippen molar-refractivity contribution >= 4 is 11.3 Å². The van der Waals surface area contributed by atoms with Gasteiger partial charge >= 0.3 is 0 Å². The number of thiophene rings is 1. The van der Waals surface area contributed by atoms with E-state index >= 15 is 0 Å². The SMILES string of the molecule is OCCNCc1csc2c1CCCCCC2. The second kappa shape index (κ2) is 6.38. The van der Waals surface area contributed by atoms with E-state index in [0.29, 0.717) is 6.54 Å². The van der Waals surface area contributed by atoms with E-state index in [2.05, 4.69) is 10.7 Å². The molecule has 0 aromatic carbocycles. The van der Waals surface area contributed by atoms with E-state index < -0.39 is 0 Å². The summed E-state index contributed by atoms with van der Waals surface area (Å²) in [4.78, 5) is 1.61. The van der Waals surface area contributed by atoms with Gasteiger partial charge in [-0.2, -0.15) is 0 Å². The van der Waals surface area contributed by atoms with E-state index in [9.17, 15) is 0 Å². The number of aliphatic hydroxyl groups is 1. The Kier molecular flexibility index (Phi) is 4.82. The van der Waals surface area contributed by atoms with Crippen molar-refractivity contribution in [2.75, 3.05) is 13.2 Å². The zero-order valence-corrected chi connectivity index (χ0v) is 10.6. The third-order valence-electron chi connectivity index (χ3n) is 3.25. The van der Waals surface area contributed by atoms with Gasteiger partial charge in [0.05, 0.1) is 6.61 Å². The molecule has 90 valence electrons. The first kappa shape index (κ1) is 12.1. The molecular formula is C13H21NOS. The van der Waals surface area contributed by atoms with Gasteiger partial charge in [0.15, 0.2) is 0 Å². The Morgan fingerprint density at radius 2 is 2.00 bits per heavy atom. The summed E-state index contributed by atoms with van der Waals surface area (Å²) in [6.07, 6.45) is 8.02. The monoisotopic (exact) mass is 239 g/mol. The number of nitrogens with one attached hydrogen (secondary N) is 1. The minimum Gasteiger partial charge on any atom is -0.395 e. The Morgan fingerprint density at radius 1 is 1.19 bits per heavy atom. The van der Waals surface area contributed by atoms with Crippen molar-refractivity contribution in [3.63, 3.8) is 0 Å². The molecule has 0 atom stereocenters. The molecule has 3 heteroatoms. The zero-order valence-electron chi connectivity index (χ0n) is 9.80. The maximum absolute atomic E-state index is 8.76. The number of aliphatic hydroxyl groups excluding tert-OH is 1. The van der Waals surface area contributed by atoms with Crippen molar-refractivity contribution in [1.29, 1.82) is 0 Å². The summed E-state index contributed by atoms with van der Waals surface area (Å²) >= 11 is 1.93. The van der Waals surface area contributed by atoms with E-state index in [1.54, 1.807) is 10.4 Å². The Hall–Kier alpha value is -0.380. The fourth-order valence-corrected chi connectivity index (χ4v) is 3.51. The normalized spacial score (nSPS) is 16.6. The summed E-state index contributed by atoms with van der Waals surface area (Å²) in [5.74, 6) is 0. The van der Waals surface area contributed by atoms with Crippen LogP contribution in [0, 0.1) is 0 Å². The first-order chi connectivity index (χ1) is 7.92. The molecule has 1 aliphatic carbocycles. The standard InChI is InChI=1S/C13H21NOS/c15-8-7-14-9-11-10-16-13-6-4-2-1-3-5-12(11)13/h10,14-15H,1-9H2. The van der Waals surface area contributed by atoms with E-state index in [-0.39, 0.29) is 6.61 Å². The summed E-state index contributed by atoms with van der Waals surface area (Å²) in [5, 5.41) is 14.3. The Morgan fingerprint density at radius 3 is 2.81 bits per heavy atom. The first-order valence-corrected chi connectivity index (χ1v) is 7.19. The number of aryl methyl sites for hydroxylation is 1. The molecule has 0 aliphatic heterocycles. The van der Waals surface area contributed by atoms with Crippen LogP contribution in [0.1, 0.15) is 41.7 Å². The van der Waals surface area contributed by atoms with Crippen molar-refractivity contribution in [1.82, 2.24) is 5.32 Å². The minimum atomic E-state index is 0.228. The highest BCUT2D eigenvalue weighted by molar-refractivity contribution is 7.10. The molecule has 2 rings (SSSR count). The third-order valence-corrected chi connectivity index (χ3v) is 4.39. The molecule has 0 bridgehead atoms. The smallest absolute Gasteiger partial charge is 0.0556 e. The average Bonchev–Trinajstić information content (AvgIpc) is 2.60. The van der Waals surface area contributed by atoms with Crippen LogP contribution in [0.15, 0.2) is 5.38 Å². The van der Waals surface area contributed by atoms with Gasteiger partial charge in [-0.05, 0) is 42.2 Å². The second-order valence-electron chi connectivity index (χ2n) is 4.48. The molecule has 1 aromatic heterocycles. The van der Waals surface area contributed by atoms with Gasteiger partial charge in [0.25, 0.3) is 0 Å². The topological polar surface area (TPSA) is 32.3 Å². The molecule has 0 amide bonds. The van der Waals surface area contributed by atoms with Crippen molar-refractivity contribution in [2.45, 2.75) is 45.1 Å². The Labute approximate surface area is 102 Å². The van der Waals surface area contributed by atoms with E-state index in [4.69, 9.17) is 5.11 Å². The van der Waals surface area contributed by atoms with Crippen LogP contribution in [0.4, 0.5) is 0 Å². The van der Waals surface area contributed by atoms with Crippen molar-refractivity contribution in [3.05, 3.63) is 21.4 Å². The molecule has 0 saturated heterocycles. The van der Waals surface area contributed by atoms with Crippen LogP contribution >= 0.6 is 11.3 Å². The zero-order chi connectivity index (χ0) is 11.2. The number of hydrogen-bond acceptors (Lipinski definition) is 3. The summed E-state index contributed by atoms with van der Waals surface area (Å²) < 4.78 is 0. The maximum atomic E-state index is 8.76. The fourth-order valence-electron chi connectivity index (χ4n) is 2.36. The lowest BCUT2D eigenvalue weighted by Crippen LogP contribution is -2.18.